The predicted octanol–water partition coefficient (Wildman–Crippen LogP) is 3.34. The average Bonchev–Trinajstić information content (AvgIpc) is 2.48. The van der Waals surface area contributed by atoms with Gasteiger partial charge in [-0.25, -0.2) is 17.6 Å². The molecule has 24 heavy (non-hydrogen) atoms. The van der Waals surface area contributed by atoms with Crippen LogP contribution in [0.2, 0.25) is 0 Å². The molecule has 5 nitrogen and oxygen atoms in total. The number of alkyl halides is 3. The molecule has 2 rings (SSSR count). The van der Waals surface area contributed by atoms with Crippen LogP contribution in [0.25, 0.3) is 0 Å². The molecular weight excluding hydrogens is 354 g/mol. The number of aromatic carboxylic acids is 1. The summed E-state index contributed by atoms with van der Waals surface area (Å²) in [5, 5.41) is 8.82. The van der Waals surface area contributed by atoms with E-state index in [-0.39, 0.29) is 0 Å². The second-order valence-corrected chi connectivity index (χ2v) is 6.25. The van der Waals surface area contributed by atoms with E-state index >= 15 is 0 Å². The molecule has 2 aromatic carbocycles. The van der Waals surface area contributed by atoms with Gasteiger partial charge in [-0.15, -0.1) is 0 Å². The quantitative estimate of drug-likeness (QED) is 0.816. The van der Waals surface area contributed by atoms with Gasteiger partial charge in [0.15, 0.2) is 0 Å². The fourth-order valence-electron chi connectivity index (χ4n) is 1.87. The molecule has 0 atom stereocenters. The zero-order valence-electron chi connectivity index (χ0n) is 11.6. The van der Waals surface area contributed by atoms with Crippen LogP contribution < -0.4 is 4.72 Å². The third kappa shape index (κ3) is 3.65. The molecule has 0 aliphatic rings. The molecule has 0 bridgehead atoms. The maximum atomic E-state index is 13.7. The Morgan fingerprint density at radius 1 is 1.08 bits per heavy atom. The zero-order chi connectivity index (χ0) is 18.1. The topological polar surface area (TPSA) is 83.5 Å². The maximum Gasteiger partial charge on any atom is 0.417 e. The molecule has 0 saturated carbocycles. The number of carboxylic acid groups (broad SMARTS) is 1. The van der Waals surface area contributed by atoms with Crippen LogP contribution in [0.3, 0.4) is 0 Å². The van der Waals surface area contributed by atoms with E-state index in [4.69, 9.17) is 5.11 Å². The summed E-state index contributed by atoms with van der Waals surface area (Å²) in [5.74, 6) is -2.58. The summed E-state index contributed by atoms with van der Waals surface area (Å²) >= 11 is 0. The smallest absolute Gasteiger partial charge is 0.417 e. The van der Waals surface area contributed by atoms with Crippen LogP contribution in [-0.2, 0) is 16.2 Å². The standard InChI is InChI=1S/C14H9F4NO4S/c15-10-6-5-8(13(20)21)7-11(10)19-24(22,23)12-4-2-1-3-9(12)14(16,17)18/h1-7,19H,(H,20,21). The fraction of sp³-hybridized carbons (Fsp3) is 0.0714. The minimum Gasteiger partial charge on any atom is -0.478 e. The molecule has 0 spiro atoms. The first kappa shape index (κ1) is 17.7. The van der Waals surface area contributed by atoms with Crippen LogP contribution in [0.15, 0.2) is 47.4 Å². The molecule has 0 aromatic heterocycles. The average molecular weight is 363 g/mol. The highest BCUT2D eigenvalue weighted by atomic mass is 32.2. The lowest BCUT2D eigenvalue weighted by Crippen LogP contribution is -2.19. The third-order valence-corrected chi connectivity index (χ3v) is 4.36. The molecule has 2 aromatic rings. The minimum atomic E-state index is -4.94. The van der Waals surface area contributed by atoms with E-state index in [0.29, 0.717) is 24.3 Å². The Balaban J connectivity index is 2.51. The van der Waals surface area contributed by atoms with E-state index in [0.717, 1.165) is 18.2 Å². The SMILES string of the molecule is O=C(O)c1ccc(F)c(NS(=O)(=O)c2ccccc2C(F)(F)F)c1. The fourth-order valence-corrected chi connectivity index (χ4v) is 3.16. The number of sulfonamides is 1. The third-order valence-electron chi connectivity index (χ3n) is 2.94. The number of carboxylic acids is 1. The van der Waals surface area contributed by atoms with Crippen molar-refractivity contribution in [2.75, 3.05) is 4.72 Å². The zero-order valence-corrected chi connectivity index (χ0v) is 12.5. The van der Waals surface area contributed by atoms with Gasteiger partial charge in [0.1, 0.15) is 5.82 Å². The van der Waals surface area contributed by atoms with Gasteiger partial charge in [-0.1, -0.05) is 12.1 Å². The Kier molecular flexibility index (Phi) is 4.52. The summed E-state index contributed by atoms with van der Waals surface area (Å²) in [6.07, 6.45) is -4.94. The van der Waals surface area contributed by atoms with Gasteiger partial charge in [-0.3, -0.25) is 4.72 Å². The van der Waals surface area contributed by atoms with Gasteiger partial charge < -0.3 is 5.11 Å². The van der Waals surface area contributed by atoms with E-state index in [1.165, 1.54) is 0 Å². The van der Waals surface area contributed by atoms with Crippen molar-refractivity contribution in [2.24, 2.45) is 0 Å². The molecule has 128 valence electrons. The molecule has 0 saturated heterocycles. The van der Waals surface area contributed by atoms with Gasteiger partial charge in [0.25, 0.3) is 10.0 Å². The Hall–Kier alpha value is -2.62. The molecule has 0 amide bonds. The first-order valence-corrected chi connectivity index (χ1v) is 7.72. The molecule has 0 radical (unpaired) electrons. The summed E-state index contributed by atoms with van der Waals surface area (Å²) in [7, 11) is -4.80. The lowest BCUT2D eigenvalue weighted by molar-refractivity contribution is -0.139. The Morgan fingerprint density at radius 2 is 1.71 bits per heavy atom. The van der Waals surface area contributed by atoms with Crippen molar-refractivity contribution in [1.82, 2.24) is 0 Å². The van der Waals surface area contributed by atoms with E-state index < -0.39 is 49.7 Å². The van der Waals surface area contributed by atoms with E-state index in [1.807, 2.05) is 0 Å². The van der Waals surface area contributed by atoms with Gasteiger partial charge in [-0.05, 0) is 30.3 Å². The Labute approximate surface area is 133 Å². The van der Waals surface area contributed by atoms with E-state index in [9.17, 15) is 30.8 Å². The highest BCUT2D eigenvalue weighted by Gasteiger charge is 2.37. The molecule has 0 aliphatic heterocycles. The van der Waals surface area contributed by atoms with E-state index in [1.54, 1.807) is 4.72 Å². The van der Waals surface area contributed by atoms with E-state index in [2.05, 4.69) is 0 Å². The molecule has 10 heteroatoms. The number of anilines is 1. The highest BCUT2D eigenvalue weighted by Crippen LogP contribution is 2.34. The van der Waals surface area contributed by atoms with Gasteiger partial charge in [0, 0.05) is 0 Å². The summed E-state index contributed by atoms with van der Waals surface area (Å²) in [6.45, 7) is 0. The molecule has 2 N–H and O–H groups in total. The molecule has 0 unspecified atom stereocenters. The Morgan fingerprint density at radius 3 is 2.29 bits per heavy atom. The van der Waals surface area contributed by atoms with Crippen molar-refractivity contribution in [3.8, 4) is 0 Å². The molecule has 0 aliphatic carbocycles. The van der Waals surface area contributed by atoms with Crippen molar-refractivity contribution in [2.45, 2.75) is 11.1 Å². The lowest BCUT2D eigenvalue weighted by Gasteiger charge is -2.14. The lowest BCUT2D eigenvalue weighted by atomic mass is 10.2. The number of rotatable bonds is 4. The highest BCUT2D eigenvalue weighted by molar-refractivity contribution is 7.92. The van der Waals surface area contributed by atoms with Crippen LogP contribution in [0.1, 0.15) is 15.9 Å². The summed E-state index contributed by atoms with van der Waals surface area (Å²) < 4.78 is 78.4. The van der Waals surface area contributed by atoms with Crippen molar-refractivity contribution >= 4 is 21.7 Å². The summed E-state index contributed by atoms with van der Waals surface area (Å²) in [6, 6.07) is 5.62. The van der Waals surface area contributed by atoms with Crippen LogP contribution in [-0.4, -0.2) is 19.5 Å². The second kappa shape index (κ2) is 6.11. The Bertz CT molecular complexity index is 894. The van der Waals surface area contributed by atoms with Gasteiger partial charge in [0.05, 0.1) is 21.7 Å². The normalized spacial score (nSPS) is 12.0. The molecule has 0 fully saturated rings. The molecule has 0 heterocycles. The number of halogens is 4. The van der Waals surface area contributed by atoms with Crippen LogP contribution in [0, 0.1) is 5.82 Å². The minimum absolute atomic E-state index is 0.432. The van der Waals surface area contributed by atoms with Crippen LogP contribution >= 0.6 is 0 Å². The maximum absolute atomic E-state index is 13.7. The van der Waals surface area contributed by atoms with Crippen molar-refractivity contribution in [3.05, 3.63) is 59.4 Å². The van der Waals surface area contributed by atoms with Crippen molar-refractivity contribution in [3.63, 3.8) is 0 Å². The number of carbonyl (C=O) groups is 1. The summed E-state index contributed by atoms with van der Waals surface area (Å²) in [4.78, 5) is 9.74. The second-order valence-electron chi connectivity index (χ2n) is 4.60. The molecular formula is C14H9F4NO4S. The number of nitrogens with one attached hydrogen (secondary N) is 1. The van der Waals surface area contributed by atoms with Crippen molar-refractivity contribution in [1.29, 1.82) is 0 Å². The van der Waals surface area contributed by atoms with Gasteiger partial charge in [0.2, 0.25) is 0 Å². The summed E-state index contributed by atoms with van der Waals surface area (Å²) in [5.41, 5.74) is -2.63. The monoisotopic (exact) mass is 363 g/mol. The van der Waals surface area contributed by atoms with Crippen molar-refractivity contribution < 1.29 is 35.9 Å². The van der Waals surface area contributed by atoms with Crippen LogP contribution in [0.4, 0.5) is 23.2 Å². The van der Waals surface area contributed by atoms with Crippen LogP contribution in [0.5, 0.6) is 0 Å². The predicted molar refractivity (Wildman–Crippen MR) is 75.6 cm³/mol. The number of hydrogen-bond donors (Lipinski definition) is 2. The number of hydrogen-bond acceptors (Lipinski definition) is 3. The van der Waals surface area contributed by atoms with Gasteiger partial charge >= 0.3 is 12.1 Å². The first-order chi connectivity index (χ1) is 11.0. The largest absolute Gasteiger partial charge is 0.478 e. The number of benzene rings is 2. The van der Waals surface area contributed by atoms with Gasteiger partial charge in [-0.2, -0.15) is 13.2 Å². The first-order valence-electron chi connectivity index (χ1n) is 6.24.